The van der Waals surface area contributed by atoms with E-state index in [2.05, 4.69) is 20.4 Å². The molecule has 4 rings (SSSR count). The largest absolute Gasteiger partial charge is 0.462 e. The van der Waals surface area contributed by atoms with Crippen molar-refractivity contribution in [1.29, 1.82) is 0 Å². The molecule has 0 saturated carbocycles. The second-order valence-electron chi connectivity index (χ2n) is 5.65. The summed E-state index contributed by atoms with van der Waals surface area (Å²) in [6.07, 6.45) is 1.40. The number of nitrogens with one attached hydrogen (secondary N) is 1. The molecule has 1 N–H and O–H groups in total. The van der Waals surface area contributed by atoms with Crippen molar-refractivity contribution in [3.05, 3.63) is 63.5 Å². The zero-order chi connectivity index (χ0) is 18.8. The van der Waals surface area contributed by atoms with E-state index in [-0.39, 0.29) is 12.5 Å². The number of thiazole rings is 1. The number of hydrogen-bond donors (Lipinski definition) is 1. The van der Waals surface area contributed by atoms with Crippen LogP contribution in [0.15, 0.2) is 50.9 Å². The second-order valence-corrected chi connectivity index (χ2v) is 7.15. The van der Waals surface area contributed by atoms with Crippen molar-refractivity contribution >= 4 is 28.8 Å². The molecule has 0 unspecified atom stereocenters. The highest BCUT2D eigenvalue weighted by Crippen LogP contribution is 2.24. The molecular weight excluding hydrogens is 388 g/mol. The number of halogens is 1. The number of furan rings is 1. The van der Waals surface area contributed by atoms with Gasteiger partial charge in [-0.05, 0) is 37.3 Å². The van der Waals surface area contributed by atoms with Crippen molar-refractivity contribution in [3.63, 3.8) is 0 Å². The summed E-state index contributed by atoms with van der Waals surface area (Å²) >= 11 is 7.39. The Morgan fingerprint density at radius 3 is 2.81 bits per heavy atom. The van der Waals surface area contributed by atoms with Crippen LogP contribution in [0.25, 0.3) is 22.8 Å². The fourth-order valence-electron chi connectivity index (χ4n) is 2.37. The van der Waals surface area contributed by atoms with E-state index in [1.165, 1.54) is 17.6 Å². The summed E-state index contributed by atoms with van der Waals surface area (Å²) in [6, 6.07) is 8.73. The number of amides is 1. The minimum absolute atomic E-state index is 0.107. The molecule has 0 radical (unpaired) electrons. The van der Waals surface area contributed by atoms with Crippen LogP contribution in [0, 0.1) is 6.92 Å². The zero-order valence-electron chi connectivity index (χ0n) is 14.1. The topological polar surface area (TPSA) is 94.1 Å². The molecule has 0 fully saturated rings. The fourth-order valence-corrected chi connectivity index (χ4v) is 3.10. The van der Waals surface area contributed by atoms with Crippen molar-refractivity contribution in [3.8, 4) is 22.8 Å². The van der Waals surface area contributed by atoms with Gasteiger partial charge in [0, 0.05) is 16.0 Å². The Hall–Kier alpha value is -2.97. The third-order valence-corrected chi connectivity index (χ3v) is 4.73. The molecule has 9 heteroatoms. The minimum atomic E-state index is -0.303. The van der Waals surface area contributed by atoms with Crippen molar-refractivity contribution in [1.82, 2.24) is 20.4 Å². The monoisotopic (exact) mass is 400 g/mol. The molecule has 0 bridgehead atoms. The quantitative estimate of drug-likeness (QED) is 0.535. The first kappa shape index (κ1) is 17.4. The summed E-state index contributed by atoms with van der Waals surface area (Å²) < 4.78 is 10.6. The van der Waals surface area contributed by atoms with E-state index in [4.69, 9.17) is 20.5 Å². The van der Waals surface area contributed by atoms with Crippen LogP contribution in [-0.2, 0) is 6.54 Å². The lowest BCUT2D eigenvalue weighted by atomic mass is 10.2. The molecule has 3 aromatic heterocycles. The number of carbonyl (C=O) groups excluding carboxylic acids is 1. The predicted molar refractivity (Wildman–Crippen MR) is 100 cm³/mol. The molecule has 0 atom stereocenters. The SMILES string of the molecule is Cc1nc(-c2cc(C(=O)NCc3nc(-c4ccc(Cl)cc4)no3)co2)cs1. The molecule has 7 nitrogen and oxygen atoms in total. The van der Waals surface area contributed by atoms with E-state index >= 15 is 0 Å². The van der Waals surface area contributed by atoms with E-state index in [0.29, 0.717) is 33.8 Å². The molecule has 27 heavy (non-hydrogen) atoms. The van der Waals surface area contributed by atoms with Gasteiger partial charge in [0.15, 0.2) is 5.76 Å². The van der Waals surface area contributed by atoms with Crippen molar-refractivity contribution in [2.45, 2.75) is 13.5 Å². The number of benzene rings is 1. The van der Waals surface area contributed by atoms with E-state index in [9.17, 15) is 4.79 Å². The van der Waals surface area contributed by atoms with Gasteiger partial charge in [0.2, 0.25) is 11.7 Å². The third kappa shape index (κ3) is 3.91. The van der Waals surface area contributed by atoms with E-state index < -0.39 is 0 Å². The molecule has 4 aromatic rings. The lowest BCUT2D eigenvalue weighted by Gasteiger charge is -1.98. The number of rotatable bonds is 5. The Kier molecular flexibility index (Phi) is 4.74. The van der Waals surface area contributed by atoms with Crippen LogP contribution in [-0.4, -0.2) is 21.0 Å². The molecule has 1 amide bonds. The lowest BCUT2D eigenvalue weighted by Crippen LogP contribution is -2.22. The third-order valence-electron chi connectivity index (χ3n) is 3.70. The fraction of sp³-hybridized carbons (Fsp3) is 0.111. The smallest absolute Gasteiger partial charge is 0.254 e. The second kappa shape index (κ2) is 7.34. The van der Waals surface area contributed by atoms with Gasteiger partial charge < -0.3 is 14.3 Å². The van der Waals surface area contributed by atoms with Gasteiger partial charge in [-0.15, -0.1) is 11.3 Å². The molecule has 0 aliphatic heterocycles. The number of aryl methyl sites for hydroxylation is 1. The van der Waals surface area contributed by atoms with Crippen molar-refractivity contribution in [2.75, 3.05) is 0 Å². The Labute approximate surface area is 163 Å². The first-order valence-corrected chi connectivity index (χ1v) is 9.22. The summed E-state index contributed by atoms with van der Waals surface area (Å²) in [5.74, 6) is 0.975. The summed E-state index contributed by atoms with van der Waals surface area (Å²) in [5.41, 5.74) is 1.88. The van der Waals surface area contributed by atoms with Gasteiger partial charge in [0.1, 0.15) is 12.0 Å². The van der Waals surface area contributed by atoms with E-state index in [1.54, 1.807) is 30.3 Å². The Bertz CT molecular complexity index is 1080. The maximum absolute atomic E-state index is 12.3. The number of hydrogen-bond acceptors (Lipinski definition) is 7. The van der Waals surface area contributed by atoms with Crippen LogP contribution in [0.5, 0.6) is 0 Å². The number of aromatic nitrogens is 3. The Morgan fingerprint density at radius 2 is 2.07 bits per heavy atom. The van der Waals surface area contributed by atoms with Crippen LogP contribution < -0.4 is 5.32 Å². The maximum Gasteiger partial charge on any atom is 0.254 e. The summed E-state index contributed by atoms with van der Waals surface area (Å²) in [7, 11) is 0. The van der Waals surface area contributed by atoms with Gasteiger partial charge in [-0.2, -0.15) is 4.98 Å². The molecule has 1 aromatic carbocycles. The molecule has 0 aliphatic carbocycles. The average Bonchev–Trinajstić information content (AvgIpc) is 3.40. The van der Waals surface area contributed by atoms with Crippen LogP contribution in [0.2, 0.25) is 5.02 Å². The van der Waals surface area contributed by atoms with E-state index in [0.717, 1.165) is 10.6 Å². The van der Waals surface area contributed by atoms with Crippen LogP contribution >= 0.6 is 22.9 Å². The molecule has 0 spiro atoms. The summed E-state index contributed by atoms with van der Waals surface area (Å²) in [4.78, 5) is 20.9. The molecule has 0 saturated heterocycles. The van der Waals surface area contributed by atoms with Crippen molar-refractivity contribution in [2.24, 2.45) is 0 Å². The maximum atomic E-state index is 12.3. The van der Waals surface area contributed by atoms with Crippen molar-refractivity contribution < 1.29 is 13.7 Å². The van der Waals surface area contributed by atoms with Gasteiger partial charge in [-0.25, -0.2) is 4.98 Å². The highest BCUT2D eigenvalue weighted by molar-refractivity contribution is 7.09. The number of carbonyl (C=O) groups is 1. The van der Waals surface area contributed by atoms with Gasteiger partial charge in [0.25, 0.3) is 5.91 Å². The molecule has 0 aliphatic rings. The van der Waals surface area contributed by atoms with E-state index in [1.807, 2.05) is 12.3 Å². The number of nitrogens with zero attached hydrogens (tertiary/aromatic N) is 3. The first-order valence-electron chi connectivity index (χ1n) is 7.96. The predicted octanol–water partition coefficient (Wildman–Crippen LogP) is 4.34. The normalized spacial score (nSPS) is 10.9. The highest BCUT2D eigenvalue weighted by Gasteiger charge is 2.15. The van der Waals surface area contributed by atoms with Gasteiger partial charge in [-0.3, -0.25) is 4.79 Å². The molecule has 3 heterocycles. The zero-order valence-corrected chi connectivity index (χ0v) is 15.7. The van der Waals surface area contributed by atoms with Crippen LogP contribution in [0.4, 0.5) is 0 Å². The van der Waals surface area contributed by atoms with Gasteiger partial charge in [-0.1, -0.05) is 16.8 Å². The minimum Gasteiger partial charge on any atom is -0.462 e. The van der Waals surface area contributed by atoms with Crippen LogP contribution in [0.1, 0.15) is 21.3 Å². The lowest BCUT2D eigenvalue weighted by molar-refractivity contribution is 0.0945. The standard InChI is InChI=1S/C18H13ClN4O3S/c1-10-21-14(9-27-10)15-6-12(8-25-15)18(24)20-7-16-22-17(23-26-16)11-2-4-13(19)5-3-11/h2-6,8-9H,7H2,1H3,(H,20,24). The Balaban J connectivity index is 1.40. The molecular formula is C18H13ClN4O3S. The first-order chi connectivity index (χ1) is 13.1. The average molecular weight is 401 g/mol. The summed E-state index contributed by atoms with van der Waals surface area (Å²) in [5, 5.41) is 10.1. The molecule has 136 valence electrons. The van der Waals surface area contributed by atoms with Gasteiger partial charge >= 0.3 is 0 Å². The summed E-state index contributed by atoms with van der Waals surface area (Å²) in [6.45, 7) is 2.02. The van der Waals surface area contributed by atoms with Gasteiger partial charge in [0.05, 0.1) is 17.1 Å². The Morgan fingerprint density at radius 1 is 1.26 bits per heavy atom. The van der Waals surface area contributed by atoms with Crippen LogP contribution in [0.3, 0.4) is 0 Å². The highest BCUT2D eigenvalue weighted by atomic mass is 35.5.